The fourth-order valence-corrected chi connectivity index (χ4v) is 1.91. The Labute approximate surface area is 110 Å². The third kappa shape index (κ3) is 2.09. The zero-order valence-corrected chi connectivity index (χ0v) is 10.1. The summed E-state index contributed by atoms with van der Waals surface area (Å²) in [4.78, 5) is 4.23. The average molecular weight is 246 g/mol. The van der Waals surface area contributed by atoms with Gasteiger partial charge < -0.3 is 0 Å². The van der Waals surface area contributed by atoms with Crippen molar-refractivity contribution >= 4 is 0 Å². The fourth-order valence-electron chi connectivity index (χ4n) is 1.91. The van der Waals surface area contributed by atoms with E-state index in [0.717, 1.165) is 16.9 Å². The van der Waals surface area contributed by atoms with E-state index in [4.69, 9.17) is 5.26 Å². The molecule has 1 aromatic carbocycles. The van der Waals surface area contributed by atoms with Gasteiger partial charge in [0.05, 0.1) is 17.8 Å². The minimum absolute atomic E-state index is 0.642. The second kappa shape index (κ2) is 4.75. The zero-order valence-electron chi connectivity index (χ0n) is 10.1. The lowest BCUT2D eigenvalue weighted by Crippen LogP contribution is -1.95. The lowest BCUT2D eigenvalue weighted by atomic mass is 10.0. The van der Waals surface area contributed by atoms with E-state index in [-0.39, 0.29) is 0 Å². The van der Waals surface area contributed by atoms with Crippen LogP contribution in [0, 0.1) is 11.3 Å². The Morgan fingerprint density at radius 1 is 1.05 bits per heavy atom. The molecule has 2 aromatic heterocycles. The molecule has 4 nitrogen and oxygen atoms in total. The summed E-state index contributed by atoms with van der Waals surface area (Å²) in [6, 6.07) is 15.3. The van der Waals surface area contributed by atoms with Crippen LogP contribution in [-0.2, 0) is 0 Å². The van der Waals surface area contributed by atoms with Gasteiger partial charge in [-0.1, -0.05) is 24.3 Å². The minimum Gasteiger partial charge on any atom is -0.237 e. The number of aromatic nitrogens is 3. The molecular formula is C15H10N4. The molecule has 0 saturated carbocycles. The van der Waals surface area contributed by atoms with Crippen LogP contribution in [0.25, 0.3) is 16.9 Å². The summed E-state index contributed by atoms with van der Waals surface area (Å²) in [7, 11) is 0. The quantitative estimate of drug-likeness (QED) is 0.698. The molecule has 2 heterocycles. The number of benzene rings is 1. The summed E-state index contributed by atoms with van der Waals surface area (Å²) in [6.45, 7) is 0. The normalized spacial score (nSPS) is 10.1. The van der Waals surface area contributed by atoms with Gasteiger partial charge in [-0.15, -0.1) is 0 Å². The van der Waals surface area contributed by atoms with Crippen molar-refractivity contribution in [2.45, 2.75) is 0 Å². The first-order chi connectivity index (χ1) is 9.38. The van der Waals surface area contributed by atoms with Crippen molar-refractivity contribution in [2.24, 2.45) is 0 Å². The number of hydrogen-bond acceptors (Lipinski definition) is 3. The molecule has 0 radical (unpaired) electrons. The molecule has 0 spiro atoms. The summed E-state index contributed by atoms with van der Waals surface area (Å²) < 4.78 is 1.70. The molecule has 0 aliphatic rings. The van der Waals surface area contributed by atoms with E-state index >= 15 is 0 Å². The topological polar surface area (TPSA) is 54.5 Å². The smallest absolute Gasteiger partial charge is 0.153 e. The van der Waals surface area contributed by atoms with Crippen LogP contribution in [0.1, 0.15) is 5.56 Å². The predicted octanol–water partition coefficient (Wildman–Crippen LogP) is 2.81. The Hall–Kier alpha value is -2.93. The van der Waals surface area contributed by atoms with Crippen LogP contribution in [0.5, 0.6) is 0 Å². The van der Waals surface area contributed by atoms with E-state index in [9.17, 15) is 0 Å². The van der Waals surface area contributed by atoms with Gasteiger partial charge in [-0.25, -0.2) is 9.67 Å². The van der Waals surface area contributed by atoms with E-state index < -0.39 is 0 Å². The van der Waals surface area contributed by atoms with E-state index in [1.165, 1.54) is 0 Å². The molecule has 19 heavy (non-hydrogen) atoms. The van der Waals surface area contributed by atoms with Gasteiger partial charge in [0.2, 0.25) is 0 Å². The molecule has 90 valence electrons. The van der Waals surface area contributed by atoms with Crippen molar-refractivity contribution < 1.29 is 0 Å². The number of rotatable bonds is 2. The van der Waals surface area contributed by atoms with Crippen LogP contribution < -0.4 is 0 Å². The highest BCUT2D eigenvalue weighted by Crippen LogP contribution is 2.23. The Kier molecular flexibility index (Phi) is 2.79. The molecule has 0 unspecified atom stereocenters. The molecular weight excluding hydrogens is 236 g/mol. The lowest BCUT2D eigenvalue weighted by Gasteiger charge is -2.00. The molecule has 0 fully saturated rings. The molecule has 0 N–H and O–H groups in total. The monoisotopic (exact) mass is 246 g/mol. The van der Waals surface area contributed by atoms with Gasteiger partial charge in [0.25, 0.3) is 0 Å². The number of hydrogen-bond donors (Lipinski definition) is 0. The van der Waals surface area contributed by atoms with Crippen molar-refractivity contribution in [3.8, 4) is 23.0 Å². The molecule has 0 atom stereocenters. The molecule has 0 aliphatic carbocycles. The Morgan fingerprint density at radius 3 is 2.68 bits per heavy atom. The highest BCUT2D eigenvalue weighted by atomic mass is 15.3. The first kappa shape index (κ1) is 11.2. The summed E-state index contributed by atoms with van der Waals surface area (Å²) >= 11 is 0. The van der Waals surface area contributed by atoms with Crippen molar-refractivity contribution in [3.05, 3.63) is 66.6 Å². The Bertz CT molecular complexity index is 738. The van der Waals surface area contributed by atoms with Crippen LogP contribution in [0.2, 0.25) is 0 Å². The third-order valence-corrected chi connectivity index (χ3v) is 2.83. The first-order valence-electron chi connectivity index (χ1n) is 5.84. The van der Waals surface area contributed by atoms with Gasteiger partial charge in [-0.2, -0.15) is 10.4 Å². The number of nitriles is 1. The van der Waals surface area contributed by atoms with Crippen LogP contribution in [0.3, 0.4) is 0 Å². The van der Waals surface area contributed by atoms with Crippen molar-refractivity contribution in [2.75, 3.05) is 0 Å². The van der Waals surface area contributed by atoms with Crippen molar-refractivity contribution in [1.29, 1.82) is 5.26 Å². The SMILES string of the molecule is N#Cc1ccccc1-c1cnn(-c2ccccn2)c1. The Balaban J connectivity index is 2.05. The predicted molar refractivity (Wildman–Crippen MR) is 71.5 cm³/mol. The summed E-state index contributed by atoms with van der Waals surface area (Å²) in [6.07, 6.45) is 5.34. The van der Waals surface area contributed by atoms with E-state index in [1.54, 1.807) is 23.1 Å². The molecule has 0 bridgehead atoms. The molecule has 0 aliphatic heterocycles. The van der Waals surface area contributed by atoms with Gasteiger partial charge in [0.1, 0.15) is 0 Å². The van der Waals surface area contributed by atoms with Gasteiger partial charge in [0, 0.05) is 23.5 Å². The average Bonchev–Trinajstić information content (AvgIpc) is 2.98. The van der Waals surface area contributed by atoms with Gasteiger partial charge in [0.15, 0.2) is 5.82 Å². The van der Waals surface area contributed by atoms with Gasteiger partial charge in [-0.3, -0.25) is 0 Å². The molecule has 4 heteroatoms. The highest BCUT2D eigenvalue weighted by Gasteiger charge is 2.07. The highest BCUT2D eigenvalue weighted by molar-refractivity contribution is 5.69. The van der Waals surface area contributed by atoms with Crippen molar-refractivity contribution in [1.82, 2.24) is 14.8 Å². The molecule has 0 saturated heterocycles. The largest absolute Gasteiger partial charge is 0.237 e. The Morgan fingerprint density at radius 2 is 1.89 bits per heavy atom. The lowest BCUT2D eigenvalue weighted by molar-refractivity contribution is 0.847. The van der Waals surface area contributed by atoms with Gasteiger partial charge >= 0.3 is 0 Å². The zero-order chi connectivity index (χ0) is 13.1. The van der Waals surface area contributed by atoms with Crippen LogP contribution >= 0.6 is 0 Å². The summed E-state index contributed by atoms with van der Waals surface area (Å²) in [5.41, 5.74) is 2.43. The van der Waals surface area contributed by atoms with Crippen molar-refractivity contribution in [3.63, 3.8) is 0 Å². The van der Waals surface area contributed by atoms with E-state index in [2.05, 4.69) is 16.2 Å². The van der Waals surface area contributed by atoms with Gasteiger partial charge in [-0.05, 0) is 18.2 Å². The number of pyridine rings is 1. The molecule has 3 aromatic rings. The molecule has 3 rings (SSSR count). The van der Waals surface area contributed by atoms with Crippen LogP contribution in [-0.4, -0.2) is 14.8 Å². The summed E-state index contributed by atoms with van der Waals surface area (Å²) in [5.74, 6) is 0.753. The maximum absolute atomic E-state index is 9.11. The second-order valence-corrected chi connectivity index (χ2v) is 4.02. The molecule has 0 amide bonds. The van der Waals surface area contributed by atoms with Crippen LogP contribution in [0.15, 0.2) is 61.1 Å². The number of nitrogens with zero attached hydrogens (tertiary/aromatic N) is 4. The van der Waals surface area contributed by atoms with E-state index in [1.807, 2.05) is 42.6 Å². The van der Waals surface area contributed by atoms with E-state index in [0.29, 0.717) is 5.56 Å². The van der Waals surface area contributed by atoms with Crippen LogP contribution in [0.4, 0.5) is 0 Å². The third-order valence-electron chi connectivity index (χ3n) is 2.83. The minimum atomic E-state index is 0.642. The maximum Gasteiger partial charge on any atom is 0.153 e. The standard InChI is InChI=1S/C15H10N4/c16-9-12-5-1-2-6-14(12)13-10-18-19(11-13)15-7-3-4-8-17-15/h1-8,10-11H. The first-order valence-corrected chi connectivity index (χ1v) is 5.84. The summed E-state index contributed by atoms with van der Waals surface area (Å²) in [5, 5.41) is 13.4. The maximum atomic E-state index is 9.11. The second-order valence-electron chi connectivity index (χ2n) is 4.02. The fraction of sp³-hybridized carbons (Fsp3) is 0.